The van der Waals surface area contributed by atoms with Crippen molar-refractivity contribution in [1.29, 1.82) is 0 Å². The third-order valence-electron chi connectivity index (χ3n) is 5.28. The predicted molar refractivity (Wildman–Crippen MR) is 126 cm³/mol. The molecule has 1 heterocycles. The van der Waals surface area contributed by atoms with Crippen LogP contribution in [0.15, 0.2) is 115 Å². The van der Waals surface area contributed by atoms with Gasteiger partial charge in [-0.05, 0) is 35.1 Å². The number of ketones is 1. The van der Waals surface area contributed by atoms with E-state index >= 15 is 0 Å². The quantitative estimate of drug-likeness (QED) is 0.246. The zero-order valence-corrected chi connectivity index (χ0v) is 16.8. The van der Waals surface area contributed by atoms with Crippen LogP contribution in [0.2, 0.25) is 0 Å². The molecule has 0 atom stereocenters. The van der Waals surface area contributed by atoms with Gasteiger partial charge in [-0.25, -0.2) is 4.68 Å². The largest absolute Gasteiger partial charge is 0.289 e. The van der Waals surface area contributed by atoms with E-state index < -0.39 is 0 Å². The van der Waals surface area contributed by atoms with Crippen LogP contribution in [0, 0.1) is 0 Å². The number of rotatable bonds is 5. The van der Waals surface area contributed by atoms with Crippen LogP contribution in [0.1, 0.15) is 15.9 Å². The lowest BCUT2D eigenvalue weighted by Crippen LogP contribution is -1.95. The van der Waals surface area contributed by atoms with Crippen molar-refractivity contribution < 1.29 is 4.79 Å². The van der Waals surface area contributed by atoms with Gasteiger partial charge in [0.05, 0.1) is 11.4 Å². The van der Waals surface area contributed by atoms with Crippen molar-refractivity contribution >= 4 is 22.6 Å². The highest BCUT2D eigenvalue weighted by Gasteiger charge is 2.12. The van der Waals surface area contributed by atoms with Crippen LogP contribution in [0.25, 0.3) is 33.8 Å². The number of carbonyl (C=O) groups excluding carboxylic acids is 1. The Bertz CT molecular complexity index is 1380. The predicted octanol–water partition coefficient (Wildman–Crippen LogP) is 6.59. The normalized spacial score (nSPS) is 11.2. The molecule has 0 aliphatic rings. The summed E-state index contributed by atoms with van der Waals surface area (Å²) in [7, 11) is 0. The summed E-state index contributed by atoms with van der Waals surface area (Å²) in [6.45, 7) is 0. The maximum absolute atomic E-state index is 13.0. The molecule has 0 aliphatic carbocycles. The molecule has 0 bridgehead atoms. The number of carbonyl (C=O) groups is 1. The van der Waals surface area contributed by atoms with Crippen molar-refractivity contribution in [2.75, 3.05) is 0 Å². The average Bonchev–Trinajstić information content (AvgIpc) is 3.27. The molecule has 4 aromatic carbocycles. The Balaban J connectivity index is 1.55. The van der Waals surface area contributed by atoms with Gasteiger partial charge in [0.2, 0.25) is 0 Å². The lowest BCUT2D eigenvalue weighted by Gasteiger charge is -2.03. The first-order chi connectivity index (χ1) is 15.3. The lowest BCUT2D eigenvalue weighted by atomic mass is 10.0. The summed E-state index contributed by atoms with van der Waals surface area (Å²) in [5, 5.41) is 6.83. The second kappa shape index (κ2) is 8.25. The molecule has 5 rings (SSSR count). The summed E-state index contributed by atoms with van der Waals surface area (Å²) in [6, 6.07) is 33.8. The zero-order chi connectivity index (χ0) is 21.0. The number of nitrogens with zero attached hydrogens (tertiary/aromatic N) is 2. The van der Waals surface area contributed by atoms with Crippen LogP contribution in [-0.4, -0.2) is 15.6 Å². The van der Waals surface area contributed by atoms with Crippen LogP contribution in [0.4, 0.5) is 0 Å². The van der Waals surface area contributed by atoms with Gasteiger partial charge in [0, 0.05) is 22.9 Å². The van der Waals surface area contributed by atoms with Gasteiger partial charge in [-0.2, -0.15) is 5.10 Å². The molecule has 0 N–H and O–H groups in total. The minimum Gasteiger partial charge on any atom is -0.289 e. The van der Waals surface area contributed by atoms with E-state index in [1.54, 1.807) is 6.08 Å². The average molecular weight is 400 g/mol. The number of allylic oxidation sites excluding steroid dienone is 1. The minimum atomic E-state index is -0.0247. The molecule has 0 amide bonds. The summed E-state index contributed by atoms with van der Waals surface area (Å²) in [6.07, 6.45) is 5.46. The van der Waals surface area contributed by atoms with Crippen molar-refractivity contribution in [2.24, 2.45) is 0 Å². The molecule has 31 heavy (non-hydrogen) atoms. The maximum Gasteiger partial charge on any atom is 0.186 e. The van der Waals surface area contributed by atoms with Gasteiger partial charge < -0.3 is 0 Å². The maximum atomic E-state index is 13.0. The SMILES string of the molecule is O=C(C=Cc1cn(-c2ccccc2)nc1-c1ccccc1)c1cccc2ccccc12. The Labute approximate surface area is 180 Å². The summed E-state index contributed by atoms with van der Waals surface area (Å²) < 4.78 is 1.85. The molecule has 0 saturated carbocycles. The van der Waals surface area contributed by atoms with E-state index in [0.29, 0.717) is 5.56 Å². The van der Waals surface area contributed by atoms with E-state index in [9.17, 15) is 4.79 Å². The van der Waals surface area contributed by atoms with Gasteiger partial charge >= 0.3 is 0 Å². The topological polar surface area (TPSA) is 34.9 Å². The molecule has 0 radical (unpaired) electrons. The number of aromatic nitrogens is 2. The van der Waals surface area contributed by atoms with Crippen LogP contribution < -0.4 is 0 Å². The summed E-state index contributed by atoms with van der Waals surface area (Å²) >= 11 is 0. The first-order valence-corrected chi connectivity index (χ1v) is 10.2. The number of para-hydroxylation sites is 1. The third-order valence-corrected chi connectivity index (χ3v) is 5.28. The number of fused-ring (bicyclic) bond motifs is 1. The van der Waals surface area contributed by atoms with Crippen LogP contribution in [0.3, 0.4) is 0 Å². The zero-order valence-electron chi connectivity index (χ0n) is 16.8. The van der Waals surface area contributed by atoms with Crippen molar-refractivity contribution in [1.82, 2.24) is 9.78 Å². The monoisotopic (exact) mass is 400 g/mol. The van der Waals surface area contributed by atoms with E-state index in [0.717, 1.165) is 33.3 Å². The number of hydrogen-bond acceptors (Lipinski definition) is 2. The van der Waals surface area contributed by atoms with Gasteiger partial charge in [0.15, 0.2) is 5.78 Å². The van der Waals surface area contributed by atoms with Crippen molar-refractivity contribution in [3.63, 3.8) is 0 Å². The molecule has 0 aliphatic heterocycles. The molecule has 1 aromatic heterocycles. The van der Waals surface area contributed by atoms with Gasteiger partial charge in [0.1, 0.15) is 0 Å². The van der Waals surface area contributed by atoms with Gasteiger partial charge in [-0.3, -0.25) is 4.79 Å². The molecular weight excluding hydrogens is 380 g/mol. The summed E-state index contributed by atoms with van der Waals surface area (Å²) in [4.78, 5) is 13.0. The molecule has 0 unspecified atom stereocenters. The van der Waals surface area contributed by atoms with Crippen LogP contribution >= 0.6 is 0 Å². The smallest absolute Gasteiger partial charge is 0.186 e. The van der Waals surface area contributed by atoms with E-state index in [1.807, 2.05) is 120 Å². The molecule has 148 valence electrons. The highest BCUT2D eigenvalue weighted by molar-refractivity contribution is 6.14. The Morgan fingerprint density at radius 3 is 2.23 bits per heavy atom. The lowest BCUT2D eigenvalue weighted by molar-refractivity contribution is 0.104. The van der Waals surface area contributed by atoms with E-state index in [2.05, 4.69) is 0 Å². The summed E-state index contributed by atoms with van der Waals surface area (Å²) in [5.41, 5.74) is 4.41. The van der Waals surface area contributed by atoms with Gasteiger partial charge in [0.25, 0.3) is 0 Å². The fraction of sp³-hybridized carbons (Fsp3) is 0. The minimum absolute atomic E-state index is 0.0247. The number of benzene rings is 4. The number of hydrogen-bond donors (Lipinski definition) is 0. The molecule has 3 heteroatoms. The van der Waals surface area contributed by atoms with Crippen molar-refractivity contribution in [2.45, 2.75) is 0 Å². The van der Waals surface area contributed by atoms with Crippen LogP contribution in [0.5, 0.6) is 0 Å². The molecular formula is C28H20N2O. The fourth-order valence-corrected chi connectivity index (χ4v) is 3.74. The second-order valence-corrected chi connectivity index (χ2v) is 7.30. The standard InChI is InChI=1S/C28H20N2O/c31-27(26-17-9-13-21-10-7-8-16-25(21)26)19-18-23-20-30(24-14-5-2-6-15-24)29-28(23)22-11-3-1-4-12-22/h1-20H. The van der Waals surface area contributed by atoms with E-state index in [1.165, 1.54) is 0 Å². The first-order valence-electron chi connectivity index (χ1n) is 10.2. The fourth-order valence-electron chi connectivity index (χ4n) is 3.74. The van der Waals surface area contributed by atoms with Crippen LogP contribution in [-0.2, 0) is 0 Å². The van der Waals surface area contributed by atoms with Crippen molar-refractivity contribution in [3.8, 4) is 16.9 Å². The van der Waals surface area contributed by atoms with E-state index in [-0.39, 0.29) is 5.78 Å². The Morgan fingerprint density at radius 1 is 0.742 bits per heavy atom. The molecule has 5 aromatic rings. The first kappa shape index (κ1) is 18.8. The van der Waals surface area contributed by atoms with Gasteiger partial charge in [-0.1, -0.05) is 91.0 Å². The third kappa shape index (κ3) is 3.81. The van der Waals surface area contributed by atoms with E-state index in [4.69, 9.17) is 5.10 Å². The van der Waals surface area contributed by atoms with Gasteiger partial charge in [-0.15, -0.1) is 0 Å². The molecule has 0 spiro atoms. The Kier molecular flexibility index (Phi) is 4.99. The second-order valence-electron chi connectivity index (χ2n) is 7.30. The summed E-state index contributed by atoms with van der Waals surface area (Å²) in [5.74, 6) is -0.0247. The molecule has 0 fully saturated rings. The highest BCUT2D eigenvalue weighted by Crippen LogP contribution is 2.25. The molecule has 3 nitrogen and oxygen atoms in total. The Morgan fingerprint density at radius 2 is 1.42 bits per heavy atom. The highest BCUT2D eigenvalue weighted by atomic mass is 16.1. The molecule has 0 saturated heterocycles. The Hall–Kier alpha value is -4.24. The van der Waals surface area contributed by atoms with Crippen molar-refractivity contribution in [3.05, 3.63) is 127 Å².